The van der Waals surface area contributed by atoms with Gasteiger partial charge in [-0.05, 0) is 41.5 Å². The van der Waals surface area contributed by atoms with Crippen molar-refractivity contribution in [3.05, 3.63) is 87.7 Å². The summed E-state index contributed by atoms with van der Waals surface area (Å²) in [5.41, 5.74) is -3.90. The number of ether oxygens (including phenoxy) is 1. The Labute approximate surface area is 180 Å². The molecule has 3 nitrogen and oxygen atoms in total. The SMILES string of the molecule is C=CCC(O)(C=C(c1ccc(F)c(Cl)c1)C(F)(F)F)c1ccc(C(=O)OC)c(Cl)c1. The maximum Gasteiger partial charge on any atom is 0.416 e. The molecule has 0 fully saturated rings. The first-order chi connectivity index (χ1) is 13.9. The van der Waals surface area contributed by atoms with Crippen LogP contribution < -0.4 is 0 Å². The Hall–Kier alpha value is -2.35. The summed E-state index contributed by atoms with van der Waals surface area (Å²) in [6.07, 6.45) is -3.40. The Morgan fingerprint density at radius 3 is 2.33 bits per heavy atom. The lowest BCUT2D eigenvalue weighted by molar-refractivity contribution is -0.0703. The third-order valence-electron chi connectivity index (χ3n) is 4.25. The summed E-state index contributed by atoms with van der Waals surface area (Å²) in [5.74, 6) is -1.63. The van der Waals surface area contributed by atoms with Crippen LogP contribution in [0.2, 0.25) is 10.0 Å². The van der Waals surface area contributed by atoms with E-state index < -0.39 is 39.7 Å². The van der Waals surface area contributed by atoms with Gasteiger partial charge in [-0.25, -0.2) is 9.18 Å². The second kappa shape index (κ2) is 9.20. The van der Waals surface area contributed by atoms with Crippen LogP contribution in [-0.2, 0) is 10.3 Å². The van der Waals surface area contributed by atoms with Crippen molar-refractivity contribution in [3.63, 3.8) is 0 Å². The van der Waals surface area contributed by atoms with Crippen molar-refractivity contribution >= 4 is 34.7 Å². The number of allylic oxidation sites excluding steroid dienone is 1. The molecule has 2 aromatic carbocycles. The van der Waals surface area contributed by atoms with Gasteiger partial charge >= 0.3 is 12.1 Å². The smallest absolute Gasteiger partial charge is 0.416 e. The molecule has 0 saturated heterocycles. The van der Waals surface area contributed by atoms with Gasteiger partial charge in [0, 0.05) is 6.42 Å². The second-order valence-corrected chi connectivity index (χ2v) is 7.10. The van der Waals surface area contributed by atoms with Gasteiger partial charge in [0.1, 0.15) is 11.4 Å². The van der Waals surface area contributed by atoms with Crippen LogP contribution >= 0.6 is 23.2 Å². The molecule has 1 atom stereocenters. The van der Waals surface area contributed by atoms with Crippen molar-refractivity contribution in [2.75, 3.05) is 7.11 Å². The van der Waals surface area contributed by atoms with Gasteiger partial charge in [-0.2, -0.15) is 13.2 Å². The normalized spacial score (nSPS) is 14.2. The molecular formula is C21H16Cl2F4O3. The maximum atomic E-state index is 13.8. The molecule has 30 heavy (non-hydrogen) atoms. The quantitative estimate of drug-likeness (QED) is 0.310. The lowest BCUT2D eigenvalue weighted by Gasteiger charge is -2.27. The standard InChI is InChI=1S/C21H16Cl2F4O3/c1-3-8-20(29,13-5-6-14(16(22)10-13)19(28)30-2)11-15(21(25,26)27)12-4-7-18(24)17(23)9-12/h3-7,9-11,29H,1,8H2,2H3. The summed E-state index contributed by atoms with van der Waals surface area (Å²) in [5, 5.41) is 10.5. The summed E-state index contributed by atoms with van der Waals surface area (Å²) in [6, 6.07) is 6.17. The Kier molecular flexibility index (Phi) is 7.34. The van der Waals surface area contributed by atoms with Gasteiger partial charge in [0.25, 0.3) is 0 Å². The lowest BCUT2D eigenvalue weighted by atomic mass is 9.86. The molecule has 0 radical (unpaired) electrons. The number of hydrogen-bond acceptors (Lipinski definition) is 3. The molecule has 0 aliphatic carbocycles. The zero-order valence-corrected chi connectivity index (χ0v) is 17.1. The summed E-state index contributed by atoms with van der Waals surface area (Å²) in [6.45, 7) is 3.47. The van der Waals surface area contributed by atoms with Crippen LogP contribution in [0.1, 0.15) is 27.9 Å². The molecule has 0 aliphatic heterocycles. The fraction of sp³-hybridized carbons (Fsp3) is 0.190. The van der Waals surface area contributed by atoms with Crippen molar-refractivity contribution in [1.29, 1.82) is 0 Å². The molecule has 0 amide bonds. The van der Waals surface area contributed by atoms with Crippen molar-refractivity contribution in [2.24, 2.45) is 0 Å². The van der Waals surface area contributed by atoms with E-state index in [1.807, 2.05) is 0 Å². The Morgan fingerprint density at radius 2 is 1.83 bits per heavy atom. The van der Waals surface area contributed by atoms with Gasteiger partial charge < -0.3 is 9.84 Å². The highest BCUT2D eigenvalue weighted by Crippen LogP contribution is 2.40. The largest absolute Gasteiger partial charge is 0.465 e. The number of rotatable bonds is 6. The maximum absolute atomic E-state index is 13.8. The van der Waals surface area contributed by atoms with Gasteiger partial charge in [-0.3, -0.25) is 0 Å². The van der Waals surface area contributed by atoms with E-state index in [9.17, 15) is 27.5 Å². The molecule has 0 aliphatic rings. The summed E-state index contributed by atoms with van der Waals surface area (Å²) in [4.78, 5) is 11.7. The van der Waals surface area contributed by atoms with Crippen molar-refractivity contribution in [2.45, 2.75) is 18.2 Å². The van der Waals surface area contributed by atoms with E-state index in [2.05, 4.69) is 11.3 Å². The van der Waals surface area contributed by atoms with Crippen LogP contribution in [0.25, 0.3) is 5.57 Å². The third-order valence-corrected chi connectivity index (χ3v) is 4.85. The van der Waals surface area contributed by atoms with E-state index in [1.54, 1.807) is 0 Å². The van der Waals surface area contributed by atoms with Crippen LogP contribution in [0.15, 0.2) is 55.1 Å². The van der Waals surface area contributed by atoms with E-state index in [0.717, 1.165) is 25.3 Å². The van der Waals surface area contributed by atoms with E-state index in [4.69, 9.17) is 23.2 Å². The molecule has 0 spiro atoms. The molecule has 160 valence electrons. The minimum absolute atomic E-state index is 0.0185. The number of carbonyl (C=O) groups excluding carboxylic acids is 1. The number of benzene rings is 2. The van der Waals surface area contributed by atoms with E-state index in [1.165, 1.54) is 24.3 Å². The zero-order valence-electron chi connectivity index (χ0n) is 15.6. The number of hydrogen-bond donors (Lipinski definition) is 1. The minimum atomic E-state index is -4.90. The second-order valence-electron chi connectivity index (χ2n) is 6.29. The van der Waals surface area contributed by atoms with Gasteiger partial charge in [0.15, 0.2) is 0 Å². The van der Waals surface area contributed by atoms with Crippen molar-refractivity contribution in [3.8, 4) is 0 Å². The molecule has 0 saturated carbocycles. The van der Waals surface area contributed by atoms with Crippen molar-refractivity contribution in [1.82, 2.24) is 0 Å². The average molecular weight is 463 g/mol. The van der Waals surface area contributed by atoms with Gasteiger partial charge in [-0.15, -0.1) is 6.58 Å². The number of carbonyl (C=O) groups is 1. The Bertz CT molecular complexity index is 1000. The van der Waals surface area contributed by atoms with Crippen molar-refractivity contribution < 1.29 is 32.2 Å². The molecule has 0 aromatic heterocycles. The molecule has 0 bridgehead atoms. The first-order valence-electron chi connectivity index (χ1n) is 8.40. The number of esters is 1. The summed E-state index contributed by atoms with van der Waals surface area (Å²) in [7, 11) is 1.15. The first kappa shape index (κ1) is 23.9. The number of alkyl halides is 3. The van der Waals surface area contributed by atoms with Gasteiger partial charge in [-0.1, -0.05) is 41.4 Å². The van der Waals surface area contributed by atoms with Gasteiger partial charge in [0.2, 0.25) is 0 Å². The molecule has 0 heterocycles. The predicted molar refractivity (Wildman–Crippen MR) is 107 cm³/mol. The highest BCUT2D eigenvalue weighted by molar-refractivity contribution is 6.33. The van der Waals surface area contributed by atoms with E-state index in [0.29, 0.717) is 6.08 Å². The van der Waals surface area contributed by atoms with E-state index in [-0.39, 0.29) is 22.6 Å². The monoisotopic (exact) mass is 462 g/mol. The Morgan fingerprint density at radius 1 is 1.17 bits per heavy atom. The lowest BCUT2D eigenvalue weighted by Crippen LogP contribution is -2.25. The number of halogens is 6. The third kappa shape index (κ3) is 5.22. The van der Waals surface area contributed by atoms with Crippen LogP contribution in [-0.4, -0.2) is 24.4 Å². The fourth-order valence-electron chi connectivity index (χ4n) is 2.77. The molecule has 2 rings (SSSR count). The van der Waals surface area contributed by atoms with Crippen LogP contribution in [0, 0.1) is 5.82 Å². The van der Waals surface area contributed by atoms with Crippen LogP contribution in [0.3, 0.4) is 0 Å². The zero-order chi connectivity index (χ0) is 22.7. The minimum Gasteiger partial charge on any atom is -0.465 e. The molecular weight excluding hydrogens is 447 g/mol. The predicted octanol–water partition coefficient (Wildman–Crippen LogP) is 6.33. The Balaban J connectivity index is 2.68. The first-order valence-corrected chi connectivity index (χ1v) is 9.15. The van der Waals surface area contributed by atoms with Crippen LogP contribution in [0.4, 0.5) is 17.6 Å². The topological polar surface area (TPSA) is 46.5 Å². The van der Waals surface area contributed by atoms with E-state index >= 15 is 0 Å². The average Bonchev–Trinajstić information content (AvgIpc) is 2.67. The molecule has 9 heteroatoms. The number of aliphatic hydroxyl groups is 1. The fourth-order valence-corrected chi connectivity index (χ4v) is 3.21. The molecule has 2 aromatic rings. The highest BCUT2D eigenvalue weighted by atomic mass is 35.5. The highest BCUT2D eigenvalue weighted by Gasteiger charge is 2.39. The summed E-state index contributed by atoms with van der Waals surface area (Å²) >= 11 is 11.7. The van der Waals surface area contributed by atoms with Crippen LogP contribution in [0.5, 0.6) is 0 Å². The van der Waals surface area contributed by atoms with Gasteiger partial charge in [0.05, 0.1) is 28.3 Å². The molecule has 1 unspecified atom stereocenters. The number of methoxy groups -OCH3 is 1. The molecule has 1 N–H and O–H groups in total. The summed E-state index contributed by atoms with van der Waals surface area (Å²) < 4.78 is 59.4.